The second kappa shape index (κ2) is 6.23. The van der Waals surface area contributed by atoms with Gasteiger partial charge >= 0.3 is 6.61 Å². The maximum atomic E-state index is 12.3. The minimum absolute atomic E-state index is 0.162. The van der Waals surface area contributed by atoms with Crippen LogP contribution in [0, 0.1) is 0 Å². The summed E-state index contributed by atoms with van der Waals surface area (Å²) in [5, 5.41) is 6.94. The van der Waals surface area contributed by atoms with Gasteiger partial charge in [-0.25, -0.2) is 13.4 Å². The Labute approximate surface area is 131 Å². The van der Waals surface area contributed by atoms with E-state index in [2.05, 4.69) is 19.9 Å². The monoisotopic (exact) mass is 343 g/mol. The Morgan fingerprint density at radius 3 is 2.87 bits per heavy atom. The lowest BCUT2D eigenvalue weighted by molar-refractivity contribution is -0.0529. The van der Waals surface area contributed by atoms with E-state index in [1.54, 1.807) is 0 Å². The topological polar surface area (TPSA) is 84.9 Å². The van der Waals surface area contributed by atoms with Crippen molar-refractivity contribution in [3.8, 4) is 5.88 Å². The summed E-state index contributed by atoms with van der Waals surface area (Å²) in [7, 11) is -3.51. The summed E-state index contributed by atoms with van der Waals surface area (Å²) in [6, 6.07) is 4.15. The number of halogens is 2. The average Bonchev–Trinajstić information content (AvgIpc) is 3.02. The van der Waals surface area contributed by atoms with Crippen molar-refractivity contribution in [2.75, 3.05) is 0 Å². The lowest BCUT2D eigenvalue weighted by Crippen LogP contribution is -2.11. The number of pyridine rings is 1. The molecule has 1 aliphatic carbocycles. The van der Waals surface area contributed by atoms with E-state index in [0.29, 0.717) is 5.69 Å². The Morgan fingerprint density at radius 2 is 2.09 bits per heavy atom. The van der Waals surface area contributed by atoms with Gasteiger partial charge in [-0.1, -0.05) is 6.07 Å². The number of nitrogens with one attached hydrogen (secondary N) is 1. The molecule has 0 saturated heterocycles. The van der Waals surface area contributed by atoms with E-state index in [9.17, 15) is 17.2 Å². The number of rotatable bonds is 6. The van der Waals surface area contributed by atoms with Crippen LogP contribution in [0.15, 0.2) is 18.2 Å². The van der Waals surface area contributed by atoms with E-state index < -0.39 is 16.4 Å². The first-order chi connectivity index (χ1) is 10.9. The van der Waals surface area contributed by atoms with Gasteiger partial charge in [-0.2, -0.15) is 13.9 Å². The van der Waals surface area contributed by atoms with Gasteiger partial charge in [0.2, 0.25) is 5.88 Å². The molecule has 23 heavy (non-hydrogen) atoms. The summed E-state index contributed by atoms with van der Waals surface area (Å²) < 4.78 is 53.2. The van der Waals surface area contributed by atoms with Crippen LogP contribution in [0.4, 0.5) is 8.78 Å². The van der Waals surface area contributed by atoms with Gasteiger partial charge in [0.05, 0.1) is 22.9 Å². The van der Waals surface area contributed by atoms with E-state index in [4.69, 9.17) is 0 Å². The second-order valence-electron chi connectivity index (χ2n) is 5.36. The average molecular weight is 343 g/mol. The second-order valence-corrected chi connectivity index (χ2v) is 7.42. The molecule has 0 aromatic carbocycles. The zero-order valence-corrected chi connectivity index (χ0v) is 12.9. The van der Waals surface area contributed by atoms with Crippen molar-refractivity contribution in [1.82, 2.24) is 15.2 Å². The van der Waals surface area contributed by atoms with Gasteiger partial charge in [0, 0.05) is 11.8 Å². The fraction of sp³-hybridized carbons (Fsp3) is 0.429. The molecule has 0 amide bonds. The van der Waals surface area contributed by atoms with Gasteiger partial charge < -0.3 is 4.74 Å². The highest BCUT2D eigenvalue weighted by molar-refractivity contribution is 7.89. The van der Waals surface area contributed by atoms with Gasteiger partial charge in [-0.15, -0.1) is 0 Å². The largest absolute Gasteiger partial charge is 0.417 e. The SMILES string of the molecule is O=S(=O)(Cc1cccc(OC(F)F)n1)Cc1n[nH]c2c1CCC2. The molecule has 0 atom stereocenters. The number of H-pyrrole nitrogens is 1. The molecular formula is C14H15F2N3O3S. The Hall–Kier alpha value is -2.03. The first-order valence-electron chi connectivity index (χ1n) is 7.09. The zero-order valence-electron chi connectivity index (χ0n) is 12.1. The molecule has 0 spiro atoms. The minimum atomic E-state index is -3.51. The molecule has 0 aliphatic heterocycles. The summed E-state index contributed by atoms with van der Waals surface area (Å²) in [5.74, 6) is -0.844. The van der Waals surface area contributed by atoms with Crippen molar-refractivity contribution < 1.29 is 21.9 Å². The van der Waals surface area contributed by atoms with Crippen LogP contribution in [-0.4, -0.2) is 30.2 Å². The lowest BCUT2D eigenvalue weighted by Gasteiger charge is -2.06. The fourth-order valence-corrected chi connectivity index (χ4v) is 4.06. The van der Waals surface area contributed by atoms with Crippen LogP contribution in [0.5, 0.6) is 5.88 Å². The molecule has 2 heterocycles. The Bertz CT molecular complexity index is 805. The molecule has 0 unspecified atom stereocenters. The normalized spacial score (nSPS) is 14.2. The van der Waals surface area contributed by atoms with Crippen LogP contribution in [0.25, 0.3) is 0 Å². The zero-order chi connectivity index (χ0) is 16.4. The van der Waals surface area contributed by atoms with Crippen LogP contribution in [-0.2, 0) is 34.2 Å². The molecule has 0 saturated carbocycles. The van der Waals surface area contributed by atoms with Crippen molar-refractivity contribution in [1.29, 1.82) is 0 Å². The third kappa shape index (κ3) is 3.84. The summed E-state index contributed by atoms with van der Waals surface area (Å²) >= 11 is 0. The fourth-order valence-electron chi connectivity index (χ4n) is 2.69. The van der Waals surface area contributed by atoms with E-state index in [1.165, 1.54) is 18.2 Å². The van der Waals surface area contributed by atoms with Crippen molar-refractivity contribution >= 4 is 9.84 Å². The molecule has 1 N–H and O–H groups in total. The quantitative estimate of drug-likeness (QED) is 0.867. The summed E-state index contributed by atoms with van der Waals surface area (Å²) in [6.07, 6.45) is 2.70. The number of alkyl halides is 2. The third-order valence-corrected chi connectivity index (χ3v) is 5.06. The Balaban J connectivity index is 1.73. The molecule has 124 valence electrons. The van der Waals surface area contributed by atoms with Crippen molar-refractivity contribution in [2.45, 2.75) is 37.4 Å². The molecule has 0 radical (unpaired) electrons. The maximum Gasteiger partial charge on any atom is 0.388 e. The van der Waals surface area contributed by atoms with Gasteiger partial charge in [0.25, 0.3) is 0 Å². The predicted octanol–water partition coefficient (Wildman–Crippen LogP) is 2.01. The molecule has 6 nitrogen and oxygen atoms in total. The molecule has 0 bridgehead atoms. The van der Waals surface area contributed by atoms with Crippen LogP contribution in [0.1, 0.15) is 29.1 Å². The third-order valence-electron chi connectivity index (χ3n) is 3.61. The summed E-state index contributed by atoms with van der Waals surface area (Å²) in [5.41, 5.74) is 2.68. The number of nitrogens with zero attached hydrogens (tertiary/aromatic N) is 2. The van der Waals surface area contributed by atoms with E-state index in [-0.39, 0.29) is 23.1 Å². The molecule has 9 heteroatoms. The number of aromatic amines is 1. The van der Waals surface area contributed by atoms with E-state index >= 15 is 0 Å². The molecule has 2 aromatic heterocycles. The van der Waals surface area contributed by atoms with Crippen LogP contribution >= 0.6 is 0 Å². The molecule has 1 aliphatic rings. The van der Waals surface area contributed by atoms with Gasteiger partial charge in [0.15, 0.2) is 9.84 Å². The molecule has 2 aromatic rings. The Morgan fingerprint density at radius 1 is 1.26 bits per heavy atom. The van der Waals surface area contributed by atoms with Gasteiger partial charge in [0.1, 0.15) is 0 Å². The van der Waals surface area contributed by atoms with E-state index in [0.717, 1.165) is 30.5 Å². The van der Waals surface area contributed by atoms with Gasteiger partial charge in [-0.3, -0.25) is 5.10 Å². The smallest absolute Gasteiger partial charge is 0.388 e. The molecular weight excluding hydrogens is 328 g/mol. The number of hydrogen-bond donors (Lipinski definition) is 1. The number of sulfone groups is 1. The lowest BCUT2D eigenvalue weighted by atomic mass is 10.2. The maximum absolute atomic E-state index is 12.3. The van der Waals surface area contributed by atoms with Crippen molar-refractivity contribution in [3.63, 3.8) is 0 Å². The van der Waals surface area contributed by atoms with Crippen LogP contribution < -0.4 is 4.74 Å². The highest BCUT2D eigenvalue weighted by Crippen LogP contribution is 2.25. The standard InChI is InChI=1S/C14H15F2N3O3S/c15-14(16)22-13-6-1-3-9(17-13)7-23(20,21)8-12-10-4-2-5-11(10)18-19-12/h1,3,6,14H,2,4-5,7-8H2,(H,18,19). The van der Waals surface area contributed by atoms with Crippen molar-refractivity contribution in [2.24, 2.45) is 0 Å². The van der Waals surface area contributed by atoms with Crippen molar-refractivity contribution in [3.05, 3.63) is 40.8 Å². The summed E-state index contributed by atoms with van der Waals surface area (Å²) in [4.78, 5) is 3.79. The highest BCUT2D eigenvalue weighted by atomic mass is 32.2. The number of hydrogen-bond acceptors (Lipinski definition) is 5. The molecule has 0 fully saturated rings. The minimum Gasteiger partial charge on any atom is -0.417 e. The number of aromatic nitrogens is 3. The molecule has 3 rings (SSSR count). The van der Waals surface area contributed by atoms with Crippen LogP contribution in [0.3, 0.4) is 0 Å². The Kier molecular flexibility index (Phi) is 4.29. The van der Waals surface area contributed by atoms with Crippen LogP contribution in [0.2, 0.25) is 0 Å². The van der Waals surface area contributed by atoms with Gasteiger partial charge in [-0.05, 0) is 30.9 Å². The number of fused-ring (bicyclic) bond motifs is 1. The van der Waals surface area contributed by atoms with E-state index in [1.807, 2.05) is 0 Å². The predicted molar refractivity (Wildman–Crippen MR) is 77.8 cm³/mol. The number of ether oxygens (including phenoxy) is 1. The first-order valence-corrected chi connectivity index (χ1v) is 8.91. The first kappa shape index (κ1) is 15.9. The summed E-state index contributed by atoms with van der Waals surface area (Å²) in [6.45, 7) is -3.00. The number of aryl methyl sites for hydroxylation is 1. The highest BCUT2D eigenvalue weighted by Gasteiger charge is 2.23.